The minimum atomic E-state index is -0.460. The Balaban J connectivity index is 1.50. The number of rotatable bonds is 6. The first-order valence-corrected chi connectivity index (χ1v) is 11.5. The molecular formula is C27H26N4O4. The molecule has 3 heterocycles. The number of benzene rings is 2. The van der Waals surface area contributed by atoms with Gasteiger partial charge in [-0.1, -0.05) is 12.1 Å². The van der Waals surface area contributed by atoms with E-state index in [4.69, 9.17) is 9.47 Å². The van der Waals surface area contributed by atoms with E-state index >= 15 is 0 Å². The summed E-state index contributed by atoms with van der Waals surface area (Å²) in [5.41, 5.74) is 5.50. The van der Waals surface area contributed by atoms with Crippen LogP contribution in [-0.2, 0) is 20.8 Å². The van der Waals surface area contributed by atoms with E-state index in [-0.39, 0.29) is 5.91 Å². The number of pyridine rings is 1. The molecule has 0 bridgehead atoms. The van der Waals surface area contributed by atoms with Crippen molar-refractivity contribution in [1.29, 1.82) is 0 Å². The van der Waals surface area contributed by atoms with Crippen LogP contribution < -0.4 is 10.6 Å². The maximum Gasteiger partial charge on any atom is 0.337 e. The van der Waals surface area contributed by atoms with Gasteiger partial charge in [-0.05, 0) is 48.0 Å². The van der Waals surface area contributed by atoms with Crippen LogP contribution in [0.25, 0.3) is 11.3 Å². The van der Waals surface area contributed by atoms with Crippen molar-refractivity contribution in [3.8, 4) is 0 Å². The SMILES string of the molecule is COC(=O)c1ccc2c(c1)/C(=C(/Nc1ccc(CN3CCOCC3)cc1)c1cccnc1)C(=O)N2. The lowest BCUT2D eigenvalue weighted by Gasteiger charge is -2.26. The molecule has 0 atom stereocenters. The highest BCUT2D eigenvalue weighted by atomic mass is 16.5. The highest BCUT2D eigenvalue weighted by molar-refractivity contribution is 6.37. The Labute approximate surface area is 203 Å². The van der Waals surface area contributed by atoms with Crippen LogP contribution in [0.1, 0.15) is 27.0 Å². The number of methoxy groups -OCH3 is 1. The fourth-order valence-electron chi connectivity index (χ4n) is 4.31. The molecule has 0 saturated carbocycles. The molecule has 0 aliphatic carbocycles. The van der Waals surface area contributed by atoms with Crippen LogP contribution in [0.4, 0.5) is 11.4 Å². The summed E-state index contributed by atoms with van der Waals surface area (Å²) in [6.07, 6.45) is 3.39. The molecule has 1 saturated heterocycles. The number of anilines is 2. The molecule has 1 amide bonds. The number of nitrogens with one attached hydrogen (secondary N) is 2. The molecule has 178 valence electrons. The van der Waals surface area contributed by atoms with Crippen molar-refractivity contribution in [2.45, 2.75) is 6.54 Å². The van der Waals surface area contributed by atoms with E-state index in [1.807, 2.05) is 24.3 Å². The Bertz CT molecular complexity index is 1270. The zero-order valence-electron chi connectivity index (χ0n) is 19.4. The Morgan fingerprint density at radius 1 is 1.11 bits per heavy atom. The van der Waals surface area contributed by atoms with Gasteiger partial charge in [-0.3, -0.25) is 14.7 Å². The first kappa shape index (κ1) is 22.8. The summed E-state index contributed by atoms with van der Waals surface area (Å²) in [6, 6.07) is 16.9. The van der Waals surface area contributed by atoms with E-state index in [1.54, 1.807) is 30.6 Å². The lowest BCUT2D eigenvalue weighted by molar-refractivity contribution is -0.110. The Morgan fingerprint density at radius 2 is 1.91 bits per heavy atom. The summed E-state index contributed by atoms with van der Waals surface area (Å²) >= 11 is 0. The first-order chi connectivity index (χ1) is 17.1. The van der Waals surface area contributed by atoms with E-state index < -0.39 is 5.97 Å². The van der Waals surface area contributed by atoms with Gasteiger partial charge in [0.05, 0.1) is 37.2 Å². The van der Waals surface area contributed by atoms with Gasteiger partial charge in [-0.15, -0.1) is 0 Å². The summed E-state index contributed by atoms with van der Waals surface area (Å²) in [7, 11) is 1.33. The van der Waals surface area contributed by atoms with Gasteiger partial charge in [0.1, 0.15) is 0 Å². The summed E-state index contributed by atoms with van der Waals surface area (Å²) in [6.45, 7) is 4.26. The van der Waals surface area contributed by atoms with Crippen molar-refractivity contribution < 1.29 is 19.1 Å². The monoisotopic (exact) mass is 470 g/mol. The number of hydrogen-bond donors (Lipinski definition) is 2. The van der Waals surface area contributed by atoms with Crippen LogP contribution in [0.3, 0.4) is 0 Å². The van der Waals surface area contributed by atoms with Crippen molar-refractivity contribution in [1.82, 2.24) is 9.88 Å². The highest BCUT2D eigenvalue weighted by Crippen LogP contribution is 2.38. The molecule has 0 spiro atoms. The van der Waals surface area contributed by atoms with Crippen LogP contribution >= 0.6 is 0 Å². The fourth-order valence-corrected chi connectivity index (χ4v) is 4.31. The van der Waals surface area contributed by atoms with Crippen molar-refractivity contribution in [2.75, 3.05) is 44.0 Å². The minimum absolute atomic E-state index is 0.252. The van der Waals surface area contributed by atoms with Gasteiger partial charge in [-0.2, -0.15) is 0 Å². The number of ether oxygens (including phenoxy) is 2. The number of fused-ring (bicyclic) bond motifs is 1. The molecule has 1 fully saturated rings. The van der Waals surface area contributed by atoms with E-state index in [0.29, 0.717) is 28.1 Å². The number of carbonyl (C=O) groups excluding carboxylic acids is 2. The molecule has 2 N–H and O–H groups in total. The first-order valence-electron chi connectivity index (χ1n) is 11.5. The summed E-state index contributed by atoms with van der Waals surface area (Å²) in [4.78, 5) is 31.8. The summed E-state index contributed by atoms with van der Waals surface area (Å²) in [5.74, 6) is -0.712. The number of esters is 1. The molecule has 0 unspecified atom stereocenters. The minimum Gasteiger partial charge on any atom is -0.465 e. The van der Waals surface area contributed by atoms with E-state index in [2.05, 4.69) is 32.7 Å². The molecule has 5 rings (SSSR count). The predicted molar refractivity (Wildman–Crippen MR) is 134 cm³/mol. The number of nitrogens with zero attached hydrogens (tertiary/aromatic N) is 2. The van der Waals surface area contributed by atoms with Crippen LogP contribution in [0.2, 0.25) is 0 Å². The third-order valence-corrected chi connectivity index (χ3v) is 6.12. The predicted octanol–water partition coefficient (Wildman–Crippen LogP) is 3.63. The number of aromatic nitrogens is 1. The molecule has 0 radical (unpaired) electrons. The number of carbonyl (C=O) groups is 2. The standard InChI is InChI=1S/C27H26N4O4/c1-34-27(33)19-6-9-23-22(15-19)24(26(32)30-23)25(20-3-2-10-28-16-20)29-21-7-4-18(5-8-21)17-31-11-13-35-14-12-31/h2-10,15-16,29H,11-14,17H2,1H3,(H,30,32)/b25-24-. The molecular weight excluding hydrogens is 444 g/mol. The molecule has 2 aromatic carbocycles. The Kier molecular flexibility index (Phi) is 6.56. The van der Waals surface area contributed by atoms with Crippen molar-refractivity contribution in [3.63, 3.8) is 0 Å². The molecule has 2 aliphatic heterocycles. The second kappa shape index (κ2) is 10.1. The molecule has 1 aromatic heterocycles. The van der Waals surface area contributed by atoms with E-state index in [0.717, 1.165) is 44.1 Å². The van der Waals surface area contributed by atoms with E-state index in [1.165, 1.54) is 12.7 Å². The number of morpholine rings is 1. The van der Waals surface area contributed by atoms with Crippen LogP contribution in [-0.4, -0.2) is 55.2 Å². The molecule has 35 heavy (non-hydrogen) atoms. The molecule has 2 aliphatic rings. The number of hydrogen-bond acceptors (Lipinski definition) is 7. The zero-order valence-corrected chi connectivity index (χ0v) is 19.4. The quantitative estimate of drug-likeness (QED) is 0.420. The van der Waals surface area contributed by atoms with Gasteiger partial charge in [0.25, 0.3) is 5.91 Å². The van der Waals surface area contributed by atoms with Crippen molar-refractivity contribution in [2.24, 2.45) is 0 Å². The zero-order chi connectivity index (χ0) is 24.2. The van der Waals surface area contributed by atoms with E-state index in [9.17, 15) is 9.59 Å². The van der Waals surface area contributed by atoms with Gasteiger partial charge in [0.2, 0.25) is 0 Å². The second-order valence-corrected chi connectivity index (χ2v) is 8.41. The van der Waals surface area contributed by atoms with Crippen molar-refractivity contribution in [3.05, 3.63) is 89.2 Å². The average molecular weight is 471 g/mol. The normalized spacial score (nSPS) is 16.9. The molecule has 8 heteroatoms. The summed E-state index contributed by atoms with van der Waals surface area (Å²) in [5, 5.41) is 6.33. The smallest absolute Gasteiger partial charge is 0.337 e. The largest absolute Gasteiger partial charge is 0.465 e. The molecule has 3 aromatic rings. The second-order valence-electron chi connectivity index (χ2n) is 8.41. The van der Waals surface area contributed by atoms with Crippen LogP contribution in [0.5, 0.6) is 0 Å². The summed E-state index contributed by atoms with van der Waals surface area (Å²) < 4.78 is 10.3. The van der Waals surface area contributed by atoms with Gasteiger partial charge in [-0.25, -0.2) is 4.79 Å². The van der Waals surface area contributed by atoms with Crippen LogP contribution in [0.15, 0.2) is 67.0 Å². The maximum atomic E-state index is 13.1. The third kappa shape index (κ3) is 4.94. The topological polar surface area (TPSA) is 92.8 Å². The third-order valence-electron chi connectivity index (χ3n) is 6.12. The lowest BCUT2D eigenvalue weighted by Crippen LogP contribution is -2.35. The highest BCUT2D eigenvalue weighted by Gasteiger charge is 2.29. The lowest BCUT2D eigenvalue weighted by atomic mass is 9.99. The van der Waals surface area contributed by atoms with Gasteiger partial charge < -0.3 is 20.1 Å². The number of amides is 1. The van der Waals surface area contributed by atoms with Gasteiger partial charge in [0.15, 0.2) is 0 Å². The van der Waals surface area contributed by atoms with Crippen LogP contribution in [0, 0.1) is 0 Å². The van der Waals surface area contributed by atoms with Gasteiger partial charge in [0, 0.05) is 54.5 Å². The maximum absolute atomic E-state index is 13.1. The Hall–Kier alpha value is -4.01. The van der Waals surface area contributed by atoms with Crippen molar-refractivity contribution >= 4 is 34.5 Å². The molecule has 8 nitrogen and oxygen atoms in total. The van der Waals surface area contributed by atoms with Gasteiger partial charge >= 0.3 is 5.97 Å². The Morgan fingerprint density at radius 3 is 2.63 bits per heavy atom. The average Bonchev–Trinajstić information content (AvgIpc) is 3.23. The fraction of sp³-hybridized carbons (Fsp3) is 0.222.